The van der Waals surface area contributed by atoms with Crippen molar-refractivity contribution in [1.29, 1.82) is 0 Å². The van der Waals surface area contributed by atoms with E-state index in [0.717, 1.165) is 24.1 Å². The molecule has 0 spiro atoms. The molecule has 0 bridgehead atoms. The van der Waals surface area contributed by atoms with Crippen LogP contribution in [0.1, 0.15) is 23.1 Å². The van der Waals surface area contributed by atoms with Gasteiger partial charge in [-0.25, -0.2) is 0 Å². The number of nitrogens with zero attached hydrogens (tertiary/aromatic N) is 1. The van der Waals surface area contributed by atoms with Crippen LogP contribution >= 0.6 is 0 Å². The maximum absolute atomic E-state index is 12.0. The second-order valence-electron chi connectivity index (χ2n) is 5.51. The van der Waals surface area contributed by atoms with Crippen molar-refractivity contribution in [3.8, 4) is 0 Å². The van der Waals surface area contributed by atoms with Gasteiger partial charge in [-0.2, -0.15) is 0 Å². The van der Waals surface area contributed by atoms with Crippen LogP contribution in [0.5, 0.6) is 0 Å². The lowest BCUT2D eigenvalue weighted by molar-refractivity contribution is -0.384. The van der Waals surface area contributed by atoms with Crippen molar-refractivity contribution in [2.75, 3.05) is 5.32 Å². The Morgan fingerprint density at radius 1 is 1.09 bits per heavy atom. The van der Waals surface area contributed by atoms with E-state index in [-0.39, 0.29) is 11.6 Å². The lowest BCUT2D eigenvalue weighted by atomic mass is 10.1. The summed E-state index contributed by atoms with van der Waals surface area (Å²) in [7, 11) is 0. The third-order valence-electron chi connectivity index (χ3n) is 3.90. The number of benzene rings is 2. The minimum absolute atomic E-state index is 0.0322. The smallest absolute Gasteiger partial charge is 0.269 e. The van der Waals surface area contributed by atoms with Crippen molar-refractivity contribution in [2.45, 2.75) is 19.3 Å². The van der Waals surface area contributed by atoms with Crippen molar-refractivity contribution in [3.05, 3.63) is 75.3 Å². The van der Waals surface area contributed by atoms with Gasteiger partial charge in [-0.1, -0.05) is 6.07 Å². The third kappa shape index (κ3) is 3.63. The second-order valence-corrected chi connectivity index (χ2v) is 5.51. The van der Waals surface area contributed by atoms with Crippen LogP contribution < -0.4 is 5.32 Å². The molecule has 2 aromatic rings. The molecule has 3 rings (SSSR count). The number of carbonyl (C=O) groups excluding carboxylic acids is 1. The highest BCUT2D eigenvalue weighted by Gasteiger charge is 2.11. The minimum Gasteiger partial charge on any atom is -0.323 e. The molecule has 0 saturated heterocycles. The molecule has 0 atom stereocenters. The van der Waals surface area contributed by atoms with Crippen molar-refractivity contribution >= 4 is 23.4 Å². The highest BCUT2D eigenvalue weighted by Crippen LogP contribution is 2.24. The fraction of sp³-hybridized carbons (Fsp3) is 0.167. The summed E-state index contributed by atoms with van der Waals surface area (Å²) in [5, 5.41) is 13.4. The first kappa shape index (κ1) is 15.0. The molecule has 0 radical (unpaired) electrons. The third-order valence-corrected chi connectivity index (χ3v) is 3.90. The molecule has 1 aliphatic rings. The van der Waals surface area contributed by atoms with Gasteiger partial charge in [0.1, 0.15) is 0 Å². The normalized spacial score (nSPS) is 13.0. The van der Waals surface area contributed by atoms with Gasteiger partial charge in [0.15, 0.2) is 0 Å². The Hall–Kier alpha value is -2.95. The number of anilines is 1. The molecule has 1 amide bonds. The molecular formula is C18H16N2O3. The van der Waals surface area contributed by atoms with Gasteiger partial charge in [0.05, 0.1) is 4.92 Å². The first-order valence-corrected chi connectivity index (χ1v) is 7.47. The number of nitro benzene ring substituents is 1. The highest BCUT2D eigenvalue weighted by molar-refractivity contribution is 6.02. The quantitative estimate of drug-likeness (QED) is 0.531. The van der Waals surface area contributed by atoms with Gasteiger partial charge in [0, 0.05) is 23.9 Å². The molecule has 0 unspecified atom stereocenters. The Bertz CT molecular complexity index is 779. The summed E-state index contributed by atoms with van der Waals surface area (Å²) < 4.78 is 0. The maximum atomic E-state index is 12.0. The molecular weight excluding hydrogens is 292 g/mol. The van der Waals surface area contributed by atoms with E-state index in [1.165, 1.54) is 35.8 Å². The zero-order chi connectivity index (χ0) is 16.2. The van der Waals surface area contributed by atoms with Gasteiger partial charge >= 0.3 is 0 Å². The number of hydrogen-bond donors (Lipinski definition) is 1. The molecule has 0 aromatic heterocycles. The Morgan fingerprint density at radius 3 is 2.57 bits per heavy atom. The zero-order valence-electron chi connectivity index (χ0n) is 12.5. The van der Waals surface area contributed by atoms with Gasteiger partial charge in [-0.05, 0) is 66.3 Å². The number of fused-ring (bicyclic) bond motifs is 1. The summed E-state index contributed by atoms with van der Waals surface area (Å²) in [6.07, 6.45) is 6.41. The van der Waals surface area contributed by atoms with Gasteiger partial charge in [0.2, 0.25) is 5.91 Å². The van der Waals surface area contributed by atoms with Crippen LogP contribution in [-0.4, -0.2) is 10.8 Å². The average molecular weight is 308 g/mol. The van der Waals surface area contributed by atoms with E-state index < -0.39 is 4.92 Å². The lowest BCUT2D eigenvalue weighted by Gasteiger charge is -2.05. The molecule has 116 valence electrons. The summed E-state index contributed by atoms with van der Waals surface area (Å²) >= 11 is 0. The molecule has 0 fully saturated rings. The molecule has 0 saturated carbocycles. The number of rotatable bonds is 4. The Kier molecular flexibility index (Phi) is 4.19. The number of carbonyl (C=O) groups is 1. The maximum Gasteiger partial charge on any atom is 0.269 e. The highest BCUT2D eigenvalue weighted by atomic mass is 16.6. The van der Waals surface area contributed by atoms with E-state index in [4.69, 9.17) is 0 Å². The van der Waals surface area contributed by atoms with Crippen LogP contribution in [0.2, 0.25) is 0 Å². The predicted molar refractivity (Wildman–Crippen MR) is 89.2 cm³/mol. The number of hydrogen-bond acceptors (Lipinski definition) is 3. The fourth-order valence-corrected chi connectivity index (χ4v) is 2.71. The van der Waals surface area contributed by atoms with E-state index in [0.29, 0.717) is 0 Å². The van der Waals surface area contributed by atoms with Crippen molar-refractivity contribution in [1.82, 2.24) is 0 Å². The van der Waals surface area contributed by atoms with Crippen LogP contribution in [0.3, 0.4) is 0 Å². The molecule has 0 aliphatic heterocycles. The largest absolute Gasteiger partial charge is 0.323 e. The number of aryl methyl sites for hydroxylation is 2. The fourth-order valence-electron chi connectivity index (χ4n) is 2.71. The van der Waals surface area contributed by atoms with Gasteiger partial charge in [-0.15, -0.1) is 0 Å². The SMILES string of the molecule is O=C(/C=C/c1ccc([N+](=O)[O-])cc1)Nc1ccc2c(c1)CCC2. The first-order chi connectivity index (χ1) is 11.1. The standard InChI is InChI=1S/C18H16N2O3/c21-18(11-6-13-4-9-17(10-5-13)20(22)23)19-16-8-7-14-2-1-3-15(14)12-16/h4-12H,1-3H2,(H,19,21)/b11-6+. The van der Waals surface area contributed by atoms with E-state index in [1.807, 2.05) is 12.1 Å². The topological polar surface area (TPSA) is 72.2 Å². The molecule has 1 N–H and O–H groups in total. The van der Waals surface area contributed by atoms with E-state index in [1.54, 1.807) is 18.2 Å². The van der Waals surface area contributed by atoms with Crippen LogP contribution in [0, 0.1) is 10.1 Å². The summed E-state index contributed by atoms with van der Waals surface area (Å²) in [6, 6.07) is 12.1. The number of amides is 1. The predicted octanol–water partition coefficient (Wildman–Crippen LogP) is 3.74. The molecule has 23 heavy (non-hydrogen) atoms. The number of nitro groups is 1. The lowest BCUT2D eigenvalue weighted by Crippen LogP contribution is -2.08. The zero-order valence-corrected chi connectivity index (χ0v) is 12.5. The van der Waals surface area contributed by atoms with Crippen LogP contribution in [0.25, 0.3) is 6.08 Å². The monoisotopic (exact) mass is 308 g/mol. The summed E-state index contributed by atoms with van der Waals surface area (Å²) in [4.78, 5) is 22.1. The molecule has 5 nitrogen and oxygen atoms in total. The Balaban J connectivity index is 1.63. The summed E-state index contributed by atoms with van der Waals surface area (Å²) in [6.45, 7) is 0. The van der Waals surface area contributed by atoms with E-state index in [2.05, 4.69) is 11.4 Å². The van der Waals surface area contributed by atoms with Crippen molar-refractivity contribution < 1.29 is 9.72 Å². The van der Waals surface area contributed by atoms with Crippen LogP contribution in [0.4, 0.5) is 11.4 Å². The summed E-state index contributed by atoms with van der Waals surface area (Å²) in [5.74, 6) is -0.221. The molecule has 2 aromatic carbocycles. The van der Waals surface area contributed by atoms with Crippen LogP contribution in [-0.2, 0) is 17.6 Å². The molecule has 0 heterocycles. The second kappa shape index (κ2) is 6.44. The molecule has 5 heteroatoms. The van der Waals surface area contributed by atoms with Crippen molar-refractivity contribution in [3.63, 3.8) is 0 Å². The van der Waals surface area contributed by atoms with Crippen LogP contribution in [0.15, 0.2) is 48.5 Å². The number of nitrogens with one attached hydrogen (secondary N) is 1. The van der Waals surface area contributed by atoms with Gasteiger partial charge in [-0.3, -0.25) is 14.9 Å². The summed E-state index contributed by atoms with van der Waals surface area (Å²) in [5.41, 5.74) is 4.24. The first-order valence-electron chi connectivity index (χ1n) is 7.47. The van der Waals surface area contributed by atoms with Gasteiger partial charge < -0.3 is 5.32 Å². The average Bonchev–Trinajstić information content (AvgIpc) is 3.01. The Morgan fingerprint density at radius 2 is 1.83 bits per heavy atom. The minimum atomic E-state index is -0.450. The Labute approximate surface area is 133 Å². The molecule has 1 aliphatic carbocycles. The van der Waals surface area contributed by atoms with E-state index >= 15 is 0 Å². The van der Waals surface area contributed by atoms with Gasteiger partial charge in [0.25, 0.3) is 5.69 Å². The number of non-ortho nitro benzene ring substituents is 1. The van der Waals surface area contributed by atoms with E-state index in [9.17, 15) is 14.9 Å². The van der Waals surface area contributed by atoms with Crippen molar-refractivity contribution in [2.24, 2.45) is 0 Å².